The number of hydrogen-bond acceptors (Lipinski definition) is 1. The number of aromatic amines is 1. The molecule has 0 saturated carbocycles. The Morgan fingerprint density at radius 3 is 2.78 bits per heavy atom. The van der Waals surface area contributed by atoms with E-state index in [2.05, 4.69) is 51.0 Å². The fourth-order valence-electron chi connectivity index (χ4n) is 1.92. The van der Waals surface area contributed by atoms with Crippen LogP contribution in [0.5, 0.6) is 0 Å². The maximum absolute atomic E-state index is 5.97. The van der Waals surface area contributed by atoms with Gasteiger partial charge in [0.25, 0.3) is 0 Å². The lowest BCUT2D eigenvalue weighted by molar-refractivity contribution is 1.32. The number of fused-ring (bicyclic) bond motifs is 1. The van der Waals surface area contributed by atoms with Gasteiger partial charge < -0.3 is 4.98 Å². The summed E-state index contributed by atoms with van der Waals surface area (Å²) >= 11 is 9.54. The fraction of sp³-hybridized carbons (Fsp3) is 0.0714. The second-order valence-electron chi connectivity index (χ2n) is 4.23. The Kier molecular flexibility index (Phi) is 2.88. The lowest BCUT2D eigenvalue weighted by Crippen LogP contribution is -1.83. The topological polar surface area (TPSA) is 28.7 Å². The molecule has 0 aliphatic carbocycles. The van der Waals surface area contributed by atoms with E-state index < -0.39 is 0 Å². The zero-order chi connectivity index (χ0) is 12.7. The molecule has 1 N–H and O–H groups in total. The van der Waals surface area contributed by atoms with Gasteiger partial charge in [-0.2, -0.15) is 0 Å². The Labute approximate surface area is 118 Å². The summed E-state index contributed by atoms with van der Waals surface area (Å²) in [6.45, 7) is 2.06. The number of nitrogens with zero attached hydrogens (tertiary/aromatic N) is 1. The summed E-state index contributed by atoms with van der Waals surface area (Å²) in [4.78, 5) is 7.86. The van der Waals surface area contributed by atoms with Gasteiger partial charge in [0.1, 0.15) is 5.82 Å². The SMILES string of the molecule is Cc1ccc(-c2nc3ccc(Cl)cc3[nH]2)c(Br)c1. The largest absolute Gasteiger partial charge is 0.338 e. The molecule has 1 heterocycles. The molecule has 0 spiro atoms. The third-order valence-electron chi connectivity index (χ3n) is 2.82. The molecule has 0 radical (unpaired) electrons. The minimum Gasteiger partial charge on any atom is -0.338 e. The molecule has 2 aromatic carbocycles. The predicted molar refractivity (Wildman–Crippen MR) is 79.0 cm³/mol. The Hall–Kier alpha value is -1.32. The molecular formula is C14H10BrClN2. The van der Waals surface area contributed by atoms with Crippen LogP contribution in [-0.4, -0.2) is 9.97 Å². The van der Waals surface area contributed by atoms with Crippen molar-refractivity contribution in [2.24, 2.45) is 0 Å². The van der Waals surface area contributed by atoms with E-state index in [0.717, 1.165) is 26.9 Å². The van der Waals surface area contributed by atoms with Gasteiger partial charge >= 0.3 is 0 Å². The molecule has 2 nitrogen and oxygen atoms in total. The third kappa shape index (κ3) is 2.04. The van der Waals surface area contributed by atoms with Crippen molar-refractivity contribution in [2.45, 2.75) is 6.92 Å². The number of benzene rings is 2. The van der Waals surface area contributed by atoms with Crippen LogP contribution in [0, 0.1) is 6.92 Å². The standard InChI is InChI=1S/C14H10BrClN2/c1-8-2-4-10(11(15)6-8)14-17-12-5-3-9(16)7-13(12)18-14/h2-7H,1H3,(H,17,18). The lowest BCUT2D eigenvalue weighted by Gasteiger charge is -2.01. The number of imidazole rings is 1. The number of H-pyrrole nitrogens is 1. The summed E-state index contributed by atoms with van der Waals surface area (Å²) in [7, 11) is 0. The summed E-state index contributed by atoms with van der Waals surface area (Å²) in [6, 6.07) is 11.8. The summed E-state index contributed by atoms with van der Waals surface area (Å²) in [5, 5.41) is 0.709. The molecule has 3 aromatic rings. The average Bonchev–Trinajstić information content (AvgIpc) is 2.71. The number of nitrogens with one attached hydrogen (secondary N) is 1. The van der Waals surface area contributed by atoms with Crippen molar-refractivity contribution >= 4 is 38.6 Å². The van der Waals surface area contributed by atoms with E-state index in [1.165, 1.54) is 5.56 Å². The summed E-state index contributed by atoms with van der Waals surface area (Å²) in [6.07, 6.45) is 0. The highest BCUT2D eigenvalue weighted by Crippen LogP contribution is 2.29. The molecule has 90 valence electrons. The molecule has 18 heavy (non-hydrogen) atoms. The van der Waals surface area contributed by atoms with Crippen molar-refractivity contribution < 1.29 is 0 Å². The van der Waals surface area contributed by atoms with E-state index in [4.69, 9.17) is 11.6 Å². The van der Waals surface area contributed by atoms with Crippen LogP contribution in [0.2, 0.25) is 5.02 Å². The van der Waals surface area contributed by atoms with Crippen LogP contribution in [0.4, 0.5) is 0 Å². The highest BCUT2D eigenvalue weighted by atomic mass is 79.9. The molecular weight excluding hydrogens is 312 g/mol. The van der Waals surface area contributed by atoms with Gasteiger partial charge in [-0.3, -0.25) is 0 Å². The van der Waals surface area contributed by atoms with Gasteiger partial charge in [0.2, 0.25) is 0 Å². The highest BCUT2D eigenvalue weighted by Gasteiger charge is 2.08. The number of halogens is 2. The first-order valence-corrected chi connectivity index (χ1v) is 6.72. The van der Waals surface area contributed by atoms with E-state index >= 15 is 0 Å². The van der Waals surface area contributed by atoms with Crippen LogP contribution in [0.25, 0.3) is 22.4 Å². The molecule has 0 amide bonds. The second-order valence-corrected chi connectivity index (χ2v) is 5.52. The van der Waals surface area contributed by atoms with Crippen molar-refractivity contribution in [1.29, 1.82) is 0 Å². The number of hydrogen-bond donors (Lipinski definition) is 1. The molecule has 4 heteroatoms. The maximum Gasteiger partial charge on any atom is 0.139 e. The quantitative estimate of drug-likeness (QED) is 0.674. The smallest absolute Gasteiger partial charge is 0.139 e. The molecule has 0 atom stereocenters. The molecule has 0 aliphatic rings. The van der Waals surface area contributed by atoms with Crippen LogP contribution >= 0.6 is 27.5 Å². The summed E-state index contributed by atoms with van der Waals surface area (Å²) in [5.41, 5.74) is 4.13. The Balaban J connectivity index is 2.19. The molecule has 0 aliphatic heterocycles. The monoisotopic (exact) mass is 320 g/mol. The van der Waals surface area contributed by atoms with Crippen LogP contribution in [-0.2, 0) is 0 Å². The summed E-state index contributed by atoms with van der Waals surface area (Å²) in [5.74, 6) is 0.846. The molecule has 0 fully saturated rings. The molecule has 0 saturated heterocycles. The Morgan fingerprint density at radius 2 is 2.00 bits per heavy atom. The van der Waals surface area contributed by atoms with Gasteiger partial charge in [0, 0.05) is 15.1 Å². The highest BCUT2D eigenvalue weighted by molar-refractivity contribution is 9.10. The first-order chi connectivity index (χ1) is 8.63. The third-order valence-corrected chi connectivity index (χ3v) is 3.71. The zero-order valence-corrected chi connectivity index (χ0v) is 12.0. The summed E-state index contributed by atoms with van der Waals surface area (Å²) < 4.78 is 1.03. The van der Waals surface area contributed by atoms with E-state index in [-0.39, 0.29) is 0 Å². The first kappa shape index (κ1) is 11.8. The average molecular weight is 322 g/mol. The van der Waals surface area contributed by atoms with Crippen molar-refractivity contribution in [2.75, 3.05) is 0 Å². The van der Waals surface area contributed by atoms with E-state index in [1.54, 1.807) is 0 Å². The van der Waals surface area contributed by atoms with Gasteiger partial charge in [-0.1, -0.05) is 33.6 Å². The van der Waals surface area contributed by atoms with Crippen LogP contribution in [0.1, 0.15) is 5.56 Å². The maximum atomic E-state index is 5.97. The Bertz CT molecular complexity index is 734. The van der Waals surface area contributed by atoms with Crippen molar-refractivity contribution in [3.63, 3.8) is 0 Å². The van der Waals surface area contributed by atoms with Gasteiger partial charge in [-0.15, -0.1) is 0 Å². The van der Waals surface area contributed by atoms with E-state index in [0.29, 0.717) is 5.02 Å². The van der Waals surface area contributed by atoms with Crippen molar-refractivity contribution in [3.05, 3.63) is 51.5 Å². The van der Waals surface area contributed by atoms with Crippen molar-refractivity contribution in [3.8, 4) is 11.4 Å². The Morgan fingerprint density at radius 1 is 1.17 bits per heavy atom. The van der Waals surface area contributed by atoms with Gasteiger partial charge in [0.05, 0.1) is 11.0 Å². The first-order valence-electron chi connectivity index (χ1n) is 5.55. The minimum atomic E-state index is 0.709. The van der Waals surface area contributed by atoms with Crippen LogP contribution in [0.15, 0.2) is 40.9 Å². The van der Waals surface area contributed by atoms with Crippen LogP contribution in [0.3, 0.4) is 0 Å². The molecule has 0 unspecified atom stereocenters. The minimum absolute atomic E-state index is 0.709. The second kappa shape index (κ2) is 4.41. The van der Waals surface area contributed by atoms with Gasteiger partial charge in [-0.25, -0.2) is 4.98 Å². The number of aryl methyl sites for hydroxylation is 1. The van der Waals surface area contributed by atoms with Gasteiger partial charge in [-0.05, 0) is 42.8 Å². The van der Waals surface area contributed by atoms with E-state index in [9.17, 15) is 0 Å². The number of rotatable bonds is 1. The van der Waals surface area contributed by atoms with Crippen LogP contribution < -0.4 is 0 Å². The molecule has 1 aromatic heterocycles. The van der Waals surface area contributed by atoms with Crippen molar-refractivity contribution in [1.82, 2.24) is 9.97 Å². The number of aromatic nitrogens is 2. The lowest BCUT2D eigenvalue weighted by atomic mass is 10.1. The normalized spacial score (nSPS) is 11.1. The van der Waals surface area contributed by atoms with E-state index in [1.807, 2.05) is 18.2 Å². The molecule has 0 bridgehead atoms. The zero-order valence-electron chi connectivity index (χ0n) is 9.67. The van der Waals surface area contributed by atoms with Gasteiger partial charge in [0.15, 0.2) is 0 Å². The fourth-order valence-corrected chi connectivity index (χ4v) is 2.77. The predicted octanol–water partition coefficient (Wildman–Crippen LogP) is 4.95. The molecule has 3 rings (SSSR count).